The van der Waals surface area contributed by atoms with Crippen molar-refractivity contribution >= 4 is 0 Å². The van der Waals surface area contributed by atoms with Crippen molar-refractivity contribution in [3.8, 4) is 0 Å². The van der Waals surface area contributed by atoms with Crippen LogP contribution in [0, 0.1) is 11.8 Å². The van der Waals surface area contributed by atoms with Crippen LogP contribution in [-0.2, 0) is 0 Å². The van der Waals surface area contributed by atoms with Crippen molar-refractivity contribution in [1.29, 1.82) is 0 Å². The lowest BCUT2D eigenvalue weighted by atomic mass is 9.80. The zero-order valence-corrected chi connectivity index (χ0v) is 8.92. The molecule has 2 aliphatic carbocycles. The molecule has 2 nitrogen and oxygen atoms in total. The highest BCUT2D eigenvalue weighted by Crippen LogP contribution is 2.56. The highest BCUT2D eigenvalue weighted by Gasteiger charge is 2.55. The van der Waals surface area contributed by atoms with Crippen molar-refractivity contribution in [2.45, 2.75) is 38.1 Å². The zero-order valence-electron chi connectivity index (χ0n) is 8.92. The minimum atomic E-state index is 0.373. The van der Waals surface area contributed by atoms with E-state index in [2.05, 4.69) is 18.9 Å². The molecule has 3 unspecified atom stereocenters. The van der Waals surface area contributed by atoms with Crippen molar-refractivity contribution in [2.24, 2.45) is 17.6 Å². The minimum Gasteiger partial charge on any atom is -0.329 e. The highest BCUT2D eigenvalue weighted by molar-refractivity contribution is 5.09. The summed E-state index contributed by atoms with van der Waals surface area (Å²) in [6.45, 7) is 4.24. The third-order valence-corrected chi connectivity index (χ3v) is 4.39. The molecule has 3 atom stereocenters. The first kappa shape index (κ1) is 9.47. The second-order valence-electron chi connectivity index (χ2n) is 4.82. The fourth-order valence-electron chi connectivity index (χ4n) is 3.28. The minimum absolute atomic E-state index is 0.373. The normalized spacial score (nSPS) is 43.4. The van der Waals surface area contributed by atoms with E-state index in [0.717, 1.165) is 24.9 Å². The molecule has 2 fully saturated rings. The van der Waals surface area contributed by atoms with Gasteiger partial charge >= 0.3 is 0 Å². The Morgan fingerprint density at radius 2 is 2.31 bits per heavy atom. The SMILES string of the molecule is CCN(C)C1(CN)CCCC2CC21. The molecule has 76 valence electrons. The molecule has 2 saturated carbocycles. The Hall–Kier alpha value is -0.0800. The molecule has 0 saturated heterocycles. The fraction of sp³-hybridized carbons (Fsp3) is 1.00. The molecule has 0 radical (unpaired) electrons. The summed E-state index contributed by atoms with van der Waals surface area (Å²) in [5.41, 5.74) is 6.36. The Labute approximate surface area is 81.5 Å². The lowest BCUT2D eigenvalue weighted by molar-refractivity contribution is 0.0731. The second-order valence-corrected chi connectivity index (χ2v) is 4.82. The number of nitrogens with two attached hydrogens (primary N) is 1. The van der Waals surface area contributed by atoms with Gasteiger partial charge in [-0.1, -0.05) is 19.8 Å². The van der Waals surface area contributed by atoms with Crippen LogP contribution in [0.2, 0.25) is 0 Å². The van der Waals surface area contributed by atoms with Gasteiger partial charge in [-0.3, -0.25) is 4.90 Å². The number of rotatable bonds is 3. The van der Waals surface area contributed by atoms with E-state index in [4.69, 9.17) is 5.73 Å². The van der Waals surface area contributed by atoms with Crippen LogP contribution in [0.3, 0.4) is 0 Å². The first-order valence-electron chi connectivity index (χ1n) is 5.66. The van der Waals surface area contributed by atoms with E-state index in [-0.39, 0.29) is 0 Å². The Morgan fingerprint density at radius 1 is 1.54 bits per heavy atom. The molecule has 2 N–H and O–H groups in total. The molecular weight excluding hydrogens is 160 g/mol. The summed E-state index contributed by atoms with van der Waals surface area (Å²) >= 11 is 0. The average Bonchev–Trinajstić information content (AvgIpc) is 2.95. The van der Waals surface area contributed by atoms with Gasteiger partial charge in [0.25, 0.3) is 0 Å². The predicted octanol–water partition coefficient (Wildman–Crippen LogP) is 1.46. The van der Waals surface area contributed by atoms with E-state index in [1.807, 2.05) is 0 Å². The van der Waals surface area contributed by atoms with E-state index >= 15 is 0 Å². The van der Waals surface area contributed by atoms with Crippen LogP contribution in [0.1, 0.15) is 32.6 Å². The van der Waals surface area contributed by atoms with Gasteiger partial charge in [-0.15, -0.1) is 0 Å². The van der Waals surface area contributed by atoms with E-state index in [1.165, 1.54) is 25.7 Å². The molecule has 2 rings (SSSR count). The summed E-state index contributed by atoms with van der Waals surface area (Å²) in [6, 6.07) is 0. The van der Waals surface area contributed by atoms with Gasteiger partial charge in [0.1, 0.15) is 0 Å². The number of likely N-dealkylation sites (N-methyl/N-ethyl adjacent to an activating group) is 1. The lowest BCUT2D eigenvalue weighted by Gasteiger charge is -2.44. The van der Waals surface area contributed by atoms with E-state index in [0.29, 0.717) is 5.54 Å². The Kier molecular flexibility index (Phi) is 2.37. The van der Waals surface area contributed by atoms with E-state index in [9.17, 15) is 0 Å². The summed E-state index contributed by atoms with van der Waals surface area (Å²) in [7, 11) is 2.24. The van der Waals surface area contributed by atoms with E-state index in [1.54, 1.807) is 0 Å². The highest BCUT2D eigenvalue weighted by atomic mass is 15.2. The molecule has 2 aliphatic rings. The maximum absolute atomic E-state index is 5.99. The standard InChI is InChI=1S/C11H22N2/c1-3-13(2)11(8-12)6-4-5-9-7-10(9)11/h9-10H,3-8,12H2,1-2H3. The van der Waals surface area contributed by atoms with Gasteiger partial charge in [0, 0.05) is 12.1 Å². The van der Waals surface area contributed by atoms with Crippen LogP contribution < -0.4 is 5.73 Å². The maximum atomic E-state index is 5.99. The largest absolute Gasteiger partial charge is 0.329 e. The van der Waals surface area contributed by atoms with Crippen molar-refractivity contribution < 1.29 is 0 Å². The predicted molar refractivity (Wildman–Crippen MR) is 55.5 cm³/mol. The third-order valence-electron chi connectivity index (χ3n) is 4.39. The Balaban J connectivity index is 2.13. The molecule has 0 spiro atoms. The summed E-state index contributed by atoms with van der Waals surface area (Å²) < 4.78 is 0. The summed E-state index contributed by atoms with van der Waals surface area (Å²) in [6.07, 6.45) is 5.63. The van der Waals surface area contributed by atoms with Gasteiger partial charge in [-0.25, -0.2) is 0 Å². The Bertz CT molecular complexity index is 189. The van der Waals surface area contributed by atoms with Crippen molar-refractivity contribution in [2.75, 3.05) is 20.1 Å². The van der Waals surface area contributed by atoms with Crippen LogP contribution >= 0.6 is 0 Å². The lowest BCUT2D eigenvalue weighted by Crippen LogP contribution is -2.55. The van der Waals surface area contributed by atoms with Gasteiger partial charge in [-0.2, -0.15) is 0 Å². The van der Waals surface area contributed by atoms with E-state index < -0.39 is 0 Å². The van der Waals surface area contributed by atoms with Crippen LogP contribution in [0.25, 0.3) is 0 Å². The molecule has 0 aromatic heterocycles. The van der Waals surface area contributed by atoms with Crippen molar-refractivity contribution in [1.82, 2.24) is 4.90 Å². The monoisotopic (exact) mass is 182 g/mol. The first-order valence-corrected chi connectivity index (χ1v) is 5.66. The van der Waals surface area contributed by atoms with Crippen molar-refractivity contribution in [3.63, 3.8) is 0 Å². The van der Waals surface area contributed by atoms with Crippen LogP contribution in [0.5, 0.6) is 0 Å². The average molecular weight is 182 g/mol. The molecule has 2 heteroatoms. The maximum Gasteiger partial charge on any atom is 0.0359 e. The second kappa shape index (κ2) is 3.25. The quantitative estimate of drug-likeness (QED) is 0.716. The summed E-state index contributed by atoms with van der Waals surface area (Å²) in [5.74, 6) is 1.95. The van der Waals surface area contributed by atoms with Gasteiger partial charge in [0.05, 0.1) is 0 Å². The van der Waals surface area contributed by atoms with Gasteiger partial charge in [-0.05, 0) is 38.3 Å². The van der Waals surface area contributed by atoms with Crippen LogP contribution in [0.15, 0.2) is 0 Å². The number of hydrogen-bond donors (Lipinski definition) is 1. The van der Waals surface area contributed by atoms with Gasteiger partial charge in [0.2, 0.25) is 0 Å². The third kappa shape index (κ3) is 1.31. The van der Waals surface area contributed by atoms with Crippen LogP contribution in [-0.4, -0.2) is 30.6 Å². The molecular formula is C11H22N2. The Morgan fingerprint density at radius 3 is 2.92 bits per heavy atom. The molecule has 0 aliphatic heterocycles. The topological polar surface area (TPSA) is 29.3 Å². The molecule has 0 amide bonds. The summed E-state index contributed by atoms with van der Waals surface area (Å²) in [5, 5.41) is 0. The number of fused-ring (bicyclic) bond motifs is 1. The van der Waals surface area contributed by atoms with Crippen LogP contribution in [0.4, 0.5) is 0 Å². The van der Waals surface area contributed by atoms with Gasteiger partial charge in [0.15, 0.2) is 0 Å². The number of hydrogen-bond acceptors (Lipinski definition) is 2. The molecule has 0 heterocycles. The van der Waals surface area contributed by atoms with Crippen molar-refractivity contribution in [3.05, 3.63) is 0 Å². The molecule has 0 aromatic rings. The molecule has 13 heavy (non-hydrogen) atoms. The van der Waals surface area contributed by atoms with Gasteiger partial charge < -0.3 is 5.73 Å². The first-order chi connectivity index (χ1) is 6.24. The fourth-order valence-corrected chi connectivity index (χ4v) is 3.28. The molecule has 0 aromatic carbocycles. The molecule has 0 bridgehead atoms. The smallest absolute Gasteiger partial charge is 0.0359 e. The summed E-state index contributed by atoms with van der Waals surface area (Å²) in [4.78, 5) is 2.50. The zero-order chi connectivity index (χ0) is 9.47. The number of nitrogens with zero attached hydrogens (tertiary/aromatic N) is 1.